The van der Waals surface area contributed by atoms with Crippen molar-refractivity contribution >= 4 is 11.9 Å². The third-order valence-corrected chi connectivity index (χ3v) is 4.56. The predicted octanol–water partition coefficient (Wildman–Crippen LogP) is 3.98. The van der Waals surface area contributed by atoms with Gasteiger partial charge in [-0.2, -0.15) is 0 Å². The van der Waals surface area contributed by atoms with E-state index < -0.39 is 0 Å². The molecule has 0 spiro atoms. The fourth-order valence-electron chi connectivity index (χ4n) is 2.90. The number of anilines is 1. The van der Waals surface area contributed by atoms with Gasteiger partial charge in [-0.3, -0.25) is 10.1 Å². The van der Waals surface area contributed by atoms with E-state index in [-0.39, 0.29) is 18.3 Å². The lowest BCUT2D eigenvalue weighted by atomic mass is 10.0. The SMILES string of the molecule is COc1ccc(CC(=O)Nc2nnc(Cc3ccc(C(C)C)cc3)o2)c(OC)c1. The van der Waals surface area contributed by atoms with Crippen molar-refractivity contribution < 1.29 is 18.7 Å². The van der Waals surface area contributed by atoms with Gasteiger partial charge in [-0.25, -0.2) is 0 Å². The van der Waals surface area contributed by atoms with Gasteiger partial charge in [-0.05, 0) is 23.1 Å². The first-order valence-corrected chi connectivity index (χ1v) is 9.40. The van der Waals surface area contributed by atoms with Crippen LogP contribution >= 0.6 is 0 Å². The van der Waals surface area contributed by atoms with Crippen LogP contribution in [0, 0.1) is 0 Å². The molecule has 152 valence electrons. The summed E-state index contributed by atoms with van der Waals surface area (Å²) in [6.45, 7) is 4.31. The number of methoxy groups -OCH3 is 2. The Morgan fingerprint density at radius 3 is 2.48 bits per heavy atom. The topological polar surface area (TPSA) is 86.5 Å². The van der Waals surface area contributed by atoms with Crippen LogP contribution in [0.25, 0.3) is 0 Å². The number of hydrogen-bond acceptors (Lipinski definition) is 6. The Kier molecular flexibility index (Phi) is 6.49. The highest BCUT2D eigenvalue weighted by Gasteiger charge is 2.14. The van der Waals surface area contributed by atoms with Crippen molar-refractivity contribution in [1.82, 2.24) is 10.2 Å². The molecule has 0 saturated carbocycles. The molecule has 7 heteroatoms. The zero-order valence-electron chi connectivity index (χ0n) is 17.1. The average molecular weight is 395 g/mol. The number of rotatable bonds is 8. The number of aromatic nitrogens is 2. The second kappa shape index (κ2) is 9.23. The molecule has 0 unspecified atom stereocenters. The third kappa shape index (κ3) is 5.34. The van der Waals surface area contributed by atoms with Crippen LogP contribution < -0.4 is 14.8 Å². The molecule has 3 rings (SSSR count). The Morgan fingerprint density at radius 2 is 1.83 bits per heavy atom. The first-order valence-electron chi connectivity index (χ1n) is 9.40. The smallest absolute Gasteiger partial charge is 0.322 e. The van der Waals surface area contributed by atoms with Gasteiger partial charge in [0.25, 0.3) is 0 Å². The maximum absolute atomic E-state index is 12.3. The Hall–Kier alpha value is -3.35. The minimum atomic E-state index is -0.273. The van der Waals surface area contributed by atoms with E-state index in [4.69, 9.17) is 13.9 Å². The van der Waals surface area contributed by atoms with Crippen LogP contribution in [0.4, 0.5) is 6.01 Å². The molecular weight excluding hydrogens is 370 g/mol. The first-order chi connectivity index (χ1) is 14.0. The highest BCUT2D eigenvalue weighted by molar-refractivity contribution is 5.90. The normalized spacial score (nSPS) is 10.8. The number of carbonyl (C=O) groups excluding carboxylic acids is 1. The minimum Gasteiger partial charge on any atom is -0.497 e. The van der Waals surface area contributed by atoms with Crippen LogP contribution in [0.15, 0.2) is 46.9 Å². The molecule has 1 aromatic heterocycles. The number of nitrogens with one attached hydrogen (secondary N) is 1. The van der Waals surface area contributed by atoms with Crippen molar-refractivity contribution in [2.24, 2.45) is 0 Å². The van der Waals surface area contributed by atoms with Crippen LogP contribution in [0.2, 0.25) is 0 Å². The monoisotopic (exact) mass is 395 g/mol. The molecule has 0 aliphatic rings. The summed E-state index contributed by atoms with van der Waals surface area (Å²) in [4.78, 5) is 12.3. The second-order valence-corrected chi connectivity index (χ2v) is 6.98. The summed E-state index contributed by atoms with van der Waals surface area (Å²) >= 11 is 0. The van der Waals surface area contributed by atoms with Crippen LogP contribution in [0.1, 0.15) is 42.3 Å². The van der Waals surface area contributed by atoms with Crippen molar-refractivity contribution in [2.45, 2.75) is 32.6 Å². The fourth-order valence-corrected chi connectivity index (χ4v) is 2.90. The number of ether oxygens (including phenoxy) is 2. The summed E-state index contributed by atoms with van der Waals surface area (Å²) in [5, 5.41) is 10.6. The molecule has 29 heavy (non-hydrogen) atoms. The lowest BCUT2D eigenvalue weighted by Crippen LogP contribution is -2.15. The number of nitrogens with zero attached hydrogens (tertiary/aromatic N) is 2. The molecule has 2 aromatic carbocycles. The average Bonchev–Trinajstić information content (AvgIpc) is 3.15. The quantitative estimate of drug-likeness (QED) is 0.621. The van der Waals surface area contributed by atoms with Crippen LogP contribution in [0.3, 0.4) is 0 Å². The van der Waals surface area contributed by atoms with Crippen molar-refractivity contribution in [2.75, 3.05) is 19.5 Å². The van der Waals surface area contributed by atoms with Gasteiger partial charge in [0.15, 0.2) is 0 Å². The molecule has 0 aliphatic carbocycles. The molecule has 1 heterocycles. The van der Waals surface area contributed by atoms with E-state index in [0.29, 0.717) is 29.7 Å². The van der Waals surface area contributed by atoms with Crippen molar-refractivity contribution in [3.05, 3.63) is 65.0 Å². The van der Waals surface area contributed by atoms with Gasteiger partial charge in [-0.15, -0.1) is 5.10 Å². The van der Waals surface area contributed by atoms with E-state index in [0.717, 1.165) is 11.1 Å². The number of carbonyl (C=O) groups is 1. The predicted molar refractivity (Wildman–Crippen MR) is 110 cm³/mol. The molecule has 0 saturated heterocycles. The lowest BCUT2D eigenvalue weighted by Gasteiger charge is -2.09. The maximum Gasteiger partial charge on any atom is 0.322 e. The van der Waals surface area contributed by atoms with E-state index in [1.165, 1.54) is 5.56 Å². The zero-order chi connectivity index (χ0) is 20.8. The van der Waals surface area contributed by atoms with Gasteiger partial charge in [0.2, 0.25) is 11.8 Å². The molecule has 1 amide bonds. The van der Waals surface area contributed by atoms with Crippen molar-refractivity contribution in [3.63, 3.8) is 0 Å². The lowest BCUT2D eigenvalue weighted by molar-refractivity contribution is -0.115. The molecule has 0 radical (unpaired) electrons. The molecule has 0 aliphatic heterocycles. The third-order valence-electron chi connectivity index (χ3n) is 4.56. The van der Waals surface area contributed by atoms with Gasteiger partial charge < -0.3 is 13.9 Å². The van der Waals surface area contributed by atoms with E-state index in [9.17, 15) is 4.79 Å². The van der Waals surface area contributed by atoms with Crippen LogP contribution in [-0.2, 0) is 17.6 Å². The summed E-state index contributed by atoms with van der Waals surface area (Å²) in [5.41, 5.74) is 3.08. The van der Waals surface area contributed by atoms with Gasteiger partial charge in [0.1, 0.15) is 11.5 Å². The summed E-state index contributed by atoms with van der Waals surface area (Å²) in [6, 6.07) is 13.7. The van der Waals surface area contributed by atoms with E-state index >= 15 is 0 Å². The van der Waals surface area contributed by atoms with Crippen LogP contribution in [-0.4, -0.2) is 30.3 Å². The molecule has 3 aromatic rings. The number of amides is 1. The Morgan fingerprint density at radius 1 is 1.07 bits per heavy atom. The van der Waals surface area contributed by atoms with E-state index in [1.807, 2.05) is 12.1 Å². The summed E-state index contributed by atoms with van der Waals surface area (Å²) in [5.74, 6) is 1.90. The van der Waals surface area contributed by atoms with Gasteiger partial charge in [-0.1, -0.05) is 49.3 Å². The van der Waals surface area contributed by atoms with Gasteiger partial charge >= 0.3 is 6.01 Å². The fraction of sp³-hybridized carbons (Fsp3) is 0.318. The van der Waals surface area contributed by atoms with E-state index in [1.54, 1.807) is 32.4 Å². The standard InChI is InChI=1S/C22H25N3O4/c1-14(2)16-7-5-15(6-8-16)11-21-24-25-22(29-21)23-20(26)12-17-9-10-18(27-3)13-19(17)28-4/h5-10,13-14H,11-12H2,1-4H3,(H,23,25,26). The van der Waals surface area contributed by atoms with Gasteiger partial charge in [0, 0.05) is 11.6 Å². The Balaban J connectivity index is 1.60. The molecule has 0 bridgehead atoms. The zero-order valence-corrected chi connectivity index (χ0v) is 17.1. The first kappa shape index (κ1) is 20.4. The highest BCUT2D eigenvalue weighted by atomic mass is 16.5. The van der Waals surface area contributed by atoms with E-state index in [2.05, 4.69) is 41.5 Å². The summed E-state index contributed by atoms with van der Waals surface area (Å²) < 4.78 is 16.1. The second-order valence-electron chi connectivity index (χ2n) is 6.98. The van der Waals surface area contributed by atoms with Crippen molar-refractivity contribution in [1.29, 1.82) is 0 Å². The Bertz CT molecular complexity index is 964. The number of benzene rings is 2. The molecule has 0 atom stereocenters. The Labute approximate surface area is 170 Å². The number of hydrogen-bond donors (Lipinski definition) is 1. The summed E-state index contributed by atoms with van der Waals surface area (Å²) in [6.07, 6.45) is 0.620. The van der Waals surface area contributed by atoms with Crippen molar-refractivity contribution in [3.8, 4) is 11.5 Å². The highest BCUT2D eigenvalue weighted by Crippen LogP contribution is 2.25. The molecule has 1 N–H and O–H groups in total. The molecule has 0 fully saturated rings. The largest absolute Gasteiger partial charge is 0.497 e. The molecular formula is C22H25N3O4. The maximum atomic E-state index is 12.3. The minimum absolute atomic E-state index is 0.0799. The van der Waals surface area contributed by atoms with Gasteiger partial charge in [0.05, 0.1) is 27.1 Å². The van der Waals surface area contributed by atoms with Crippen LogP contribution in [0.5, 0.6) is 11.5 Å². The summed E-state index contributed by atoms with van der Waals surface area (Å²) in [7, 11) is 3.13. The molecule has 7 nitrogen and oxygen atoms in total.